The van der Waals surface area contributed by atoms with Gasteiger partial charge >= 0.3 is 0 Å². The second-order valence-corrected chi connectivity index (χ2v) is 4.94. The van der Waals surface area contributed by atoms with Gasteiger partial charge in [-0.3, -0.25) is 0 Å². The number of H-pyrrole nitrogens is 1. The zero-order valence-electron chi connectivity index (χ0n) is 12.8. The standard InChI is InChI=1S/C18H17N5/c1-3-8-14-13(4-2)22-18(23-14)16-17(19)20-11-15(21-16)12-9-6-5-7-10-12/h3-11H,2H2,1H3,(H2,19,20)(H,22,23)/b8-3-. The average Bonchev–Trinajstić information content (AvgIpc) is 2.99. The summed E-state index contributed by atoms with van der Waals surface area (Å²) in [4.78, 5) is 16.6. The SMILES string of the molecule is C=Cc1[nH]c(-c2nc(-c3ccccc3)cnc2N)nc1/C=C\C. The smallest absolute Gasteiger partial charge is 0.161 e. The molecule has 0 fully saturated rings. The Morgan fingerprint density at radius 1 is 1.17 bits per heavy atom. The number of nitrogens with two attached hydrogens (primary N) is 1. The molecule has 0 aliphatic heterocycles. The first-order valence-corrected chi connectivity index (χ1v) is 7.26. The van der Waals surface area contributed by atoms with Crippen LogP contribution < -0.4 is 5.73 Å². The molecule has 0 unspecified atom stereocenters. The number of nitrogens with one attached hydrogen (secondary N) is 1. The Kier molecular flexibility index (Phi) is 4.01. The minimum atomic E-state index is 0.334. The Labute approximate surface area is 134 Å². The summed E-state index contributed by atoms with van der Waals surface area (Å²) in [6.45, 7) is 5.73. The molecule has 114 valence electrons. The maximum atomic E-state index is 6.00. The fraction of sp³-hybridized carbons (Fsp3) is 0.0556. The van der Waals surface area contributed by atoms with Gasteiger partial charge in [-0.1, -0.05) is 43.0 Å². The maximum absolute atomic E-state index is 6.00. The molecule has 3 N–H and O–H groups in total. The molecule has 0 aliphatic carbocycles. The first kappa shape index (κ1) is 14.7. The number of anilines is 1. The van der Waals surface area contributed by atoms with E-state index in [1.54, 1.807) is 12.3 Å². The molecule has 1 aromatic carbocycles. The highest BCUT2D eigenvalue weighted by Crippen LogP contribution is 2.25. The highest BCUT2D eigenvalue weighted by molar-refractivity contribution is 5.71. The van der Waals surface area contributed by atoms with Gasteiger partial charge in [0.1, 0.15) is 5.69 Å². The van der Waals surface area contributed by atoms with Crippen LogP contribution in [0.1, 0.15) is 18.3 Å². The summed E-state index contributed by atoms with van der Waals surface area (Å²) >= 11 is 0. The number of hydrogen-bond donors (Lipinski definition) is 2. The van der Waals surface area contributed by atoms with Gasteiger partial charge < -0.3 is 10.7 Å². The Bertz CT molecular complexity index is 862. The molecular formula is C18H17N5. The zero-order valence-corrected chi connectivity index (χ0v) is 12.8. The lowest BCUT2D eigenvalue weighted by atomic mass is 10.1. The molecule has 5 heteroatoms. The first-order chi connectivity index (χ1) is 11.2. The highest BCUT2D eigenvalue weighted by Gasteiger charge is 2.14. The van der Waals surface area contributed by atoms with E-state index >= 15 is 0 Å². The number of benzene rings is 1. The second-order valence-electron chi connectivity index (χ2n) is 4.94. The van der Waals surface area contributed by atoms with Crippen molar-refractivity contribution in [2.75, 3.05) is 5.73 Å². The van der Waals surface area contributed by atoms with Crippen molar-refractivity contribution in [3.63, 3.8) is 0 Å². The third-order valence-corrected chi connectivity index (χ3v) is 3.38. The van der Waals surface area contributed by atoms with Crippen LogP contribution in [-0.2, 0) is 0 Å². The lowest BCUT2D eigenvalue weighted by Gasteiger charge is -2.05. The molecule has 0 spiro atoms. The fourth-order valence-electron chi connectivity index (χ4n) is 2.27. The Morgan fingerprint density at radius 3 is 2.65 bits per heavy atom. The highest BCUT2D eigenvalue weighted by atomic mass is 15.0. The maximum Gasteiger partial charge on any atom is 0.161 e. The van der Waals surface area contributed by atoms with Gasteiger partial charge in [0, 0.05) is 5.56 Å². The average molecular weight is 303 g/mol. The van der Waals surface area contributed by atoms with Crippen LogP contribution in [0, 0.1) is 0 Å². The van der Waals surface area contributed by atoms with Crippen molar-refractivity contribution in [3.8, 4) is 22.8 Å². The van der Waals surface area contributed by atoms with E-state index in [-0.39, 0.29) is 0 Å². The van der Waals surface area contributed by atoms with E-state index in [1.165, 1.54) is 0 Å². The topological polar surface area (TPSA) is 80.5 Å². The quantitative estimate of drug-likeness (QED) is 0.768. The van der Waals surface area contributed by atoms with Crippen LogP contribution in [0.15, 0.2) is 49.2 Å². The Morgan fingerprint density at radius 2 is 1.96 bits per heavy atom. The van der Waals surface area contributed by atoms with Gasteiger partial charge in [-0.25, -0.2) is 15.0 Å². The van der Waals surface area contributed by atoms with Crippen LogP contribution in [0.4, 0.5) is 5.82 Å². The Hall–Kier alpha value is -3.21. The number of allylic oxidation sites excluding steroid dienone is 1. The van der Waals surface area contributed by atoms with Crippen molar-refractivity contribution < 1.29 is 0 Å². The number of aromatic amines is 1. The molecule has 0 bridgehead atoms. The molecule has 3 rings (SSSR count). The van der Waals surface area contributed by atoms with E-state index in [1.807, 2.05) is 49.4 Å². The molecule has 0 saturated heterocycles. The predicted octanol–water partition coefficient (Wildman–Crippen LogP) is 3.79. The van der Waals surface area contributed by atoms with Crippen molar-refractivity contribution >= 4 is 18.0 Å². The van der Waals surface area contributed by atoms with E-state index in [9.17, 15) is 0 Å². The molecule has 0 aliphatic rings. The van der Waals surface area contributed by atoms with Crippen LogP contribution in [0.5, 0.6) is 0 Å². The molecule has 0 saturated carbocycles. The Balaban J connectivity index is 2.11. The summed E-state index contributed by atoms with van der Waals surface area (Å²) < 4.78 is 0. The predicted molar refractivity (Wildman–Crippen MR) is 94.3 cm³/mol. The summed E-state index contributed by atoms with van der Waals surface area (Å²) in [7, 11) is 0. The summed E-state index contributed by atoms with van der Waals surface area (Å²) in [6.07, 6.45) is 7.21. The van der Waals surface area contributed by atoms with Gasteiger partial charge in [-0.2, -0.15) is 0 Å². The molecule has 23 heavy (non-hydrogen) atoms. The summed E-state index contributed by atoms with van der Waals surface area (Å²) in [5.74, 6) is 0.914. The van der Waals surface area contributed by atoms with E-state index in [0.717, 1.165) is 22.6 Å². The van der Waals surface area contributed by atoms with Gasteiger partial charge in [0.2, 0.25) is 0 Å². The van der Waals surface area contributed by atoms with E-state index in [0.29, 0.717) is 17.3 Å². The number of imidazole rings is 1. The molecule has 0 atom stereocenters. The zero-order chi connectivity index (χ0) is 16.2. The van der Waals surface area contributed by atoms with Crippen molar-refractivity contribution in [1.82, 2.24) is 19.9 Å². The van der Waals surface area contributed by atoms with Crippen LogP contribution >= 0.6 is 0 Å². The van der Waals surface area contributed by atoms with Crippen LogP contribution in [0.3, 0.4) is 0 Å². The van der Waals surface area contributed by atoms with E-state index in [2.05, 4.69) is 26.5 Å². The summed E-state index contributed by atoms with van der Waals surface area (Å²) in [6, 6.07) is 9.83. The van der Waals surface area contributed by atoms with E-state index in [4.69, 9.17) is 5.73 Å². The normalized spacial score (nSPS) is 11.0. The number of aromatic nitrogens is 4. The van der Waals surface area contributed by atoms with Gasteiger partial charge in [-0.15, -0.1) is 0 Å². The number of rotatable bonds is 4. The number of nitrogens with zero attached hydrogens (tertiary/aromatic N) is 3. The van der Waals surface area contributed by atoms with Crippen molar-refractivity contribution in [1.29, 1.82) is 0 Å². The molecule has 2 heterocycles. The molecule has 0 amide bonds. The fourth-order valence-corrected chi connectivity index (χ4v) is 2.27. The van der Waals surface area contributed by atoms with Crippen LogP contribution in [0.2, 0.25) is 0 Å². The molecule has 2 aromatic heterocycles. The van der Waals surface area contributed by atoms with Crippen LogP contribution in [-0.4, -0.2) is 19.9 Å². The van der Waals surface area contributed by atoms with Gasteiger partial charge in [0.15, 0.2) is 11.6 Å². The first-order valence-electron chi connectivity index (χ1n) is 7.26. The lowest BCUT2D eigenvalue weighted by molar-refractivity contribution is 1.17. The number of nitrogen functional groups attached to an aromatic ring is 1. The minimum Gasteiger partial charge on any atom is -0.382 e. The molecule has 0 radical (unpaired) electrons. The summed E-state index contributed by atoms with van der Waals surface area (Å²) in [5.41, 5.74) is 9.87. The van der Waals surface area contributed by atoms with Crippen molar-refractivity contribution in [3.05, 3.63) is 60.6 Å². The molecular weight excluding hydrogens is 286 g/mol. The molecule has 5 nitrogen and oxygen atoms in total. The van der Waals surface area contributed by atoms with Gasteiger partial charge in [-0.05, 0) is 19.1 Å². The summed E-state index contributed by atoms with van der Waals surface area (Å²) in [5, 5.41) is 0. The lowest BCUT2D eigenvalue weighted by Crippen LogP contribution is -2.00. The van der Waals surface area contributed by atoms with Gasteiger partial charge in [0.05, 0.1) is 23.3 Å². The van der Waals surface area contributed by atoms with Gasteiger partial charge in [0.25, 0.3) is 0 Å². The second kappa shape index (κ2) is 6.27. The van der Waals surface area contributed by atoms with Crippen LogP contribution in [0.25, 0.3) is 34.9 Å². The minimum absolute atomic E-state index is 0.334. The number of hydrogen-bond acceptors (Lipinski definition) is 4. The van der Waals surface area contributed by atoms with Crippen molar-refractivity contribution in [2.45, 2.75) is 6.92 Å². The largest absolute Gasteiger partial charge is 0.382 e. The van der Waals surface area contributed by atoms with E-state index < -0.39 is 0 Å². The third kappa shape index (κ3) is 2.89. The third-order valence-electron chi connectivity index (χ3n) is 3.38. The van der Waals surface area contributed by atoms with Crippen molar-refractivity contribution in [2.24, 2.45) is 0 Å². The molecule has 3 aromatic rings. The monoisotopic (exact) mass is 303 g/mol.